The van der Waals surface area contributed by atoms with E-state index in [1.807, 2.05) is 54.6 Å². The van der Waals surface area contributed by atoms with Crippen molar-refractivity contribution in [2.75, 3.05) is 6.61 Å². The normalized spacial score (nSPS) is 16.7. The van der Waals surface area contributed by atoms with Gasteiger partial charge in [-0.15, -0.1) is 0 Å². The highest BCUT2D eigenvalue weighted by molar-refractivity contribution is 7.20. The maximum absolute atomic E-state index is 12.5. The van der Waals surface area contributed by atoms with Crippen LogP contribution in [0.1, 0.15) is 18.0 Å². The smallest absolute Gasteiger partial charge is 0.281 e. The van der Waals surface area contributed by atoms with Crippen molar-refractivity contribution in [3.63, 3.8) is 0 Å². The molecule has 0 aliphatic carbocycles. The number of hydrogen-bond acceptors (Lipinski definition) is 5. The molecule has 0 bridgehead atoms. The van der Waals surface area contributed by atoms with Crippen LogP contribution in [0.3, 0.4) is 0 Å². The second-order valence-electron chi connectivity index (χ2n) is 5.43. The van der Waals surface area contributed by atoms with Gasteiger partial charge < -0.3 is 4.74 Å². The lowest BCUT2D eigenvalue weighted by atomic mass is 10.0. The molecule has 3 aromatic rings. The van der Waals surface area contributed by atoms with E-state index in [1.54, 1.807) is 6.21 Å². The summed E-state index contributed by atoms with van der Waals surface area (Å²) in [4.78, 5) is 16.9. The summed E-state index contributed by atoms with van der Waals surface area (Å²) in [6.45, 7) is -0.0690. The summed E-state index contributed by atoms with van der Waals surface area (Å²) in [7, 11) is 0. The van der Waals surface area contributed by atoms with Crippen LogP contribution in [0.25, 0.3) is 10.2 Å². The van der Waals surface area contributed by atoms with E-state index in [-0.39, 0.29) is 18.6 Å². The summed E-state index contributed by atoms with van der Waals surface area (Å²) in [5.74, 6) is -0.170. The molecule has 1 unspecified atom stereocenters. The molecule has 0 saturated heterocycles. The van der Waals surface area contributed by atoms with Crippen molar-refractivity contribution in [2.24, 2.45) is 5.10 Å². The van der Waals surface area contributed by atoms with Gasteiger partial charge in [-0.25, -0.2) is 9.99 Å². The van der Waals surface area contributed by atoms with E-state index in [0.29, 0.717) is 5.19 Å². The van der Waals surface area contributed by atoms with E-state index < -0.39 is 0 Å². The van der Waals surface area contributed by atoms with Gasteiger partial charge in [0.2, 0.25) is 0 Å². The SMILES string of the molecule is O=C(COc1nc2ccccc2s1)N1N=CCC1c1ccccc1. The Hall–Kier alpha value is -2.73. The Bertz CT molecular complexity index is 858. The van der Waals surface area contributed by atoms with Gasteiger partial charge in [0.05, 0.1) is 16.3 Å². The highest BCUT2D eigenvalue weighted by atomic mass is 32.1. The lowest BCUT2D eigenvalue weighted by Gasteiger charge is -2.21. The molecule has 1 amide bonds. The van der Waals surface area contributed by atoms with Gasteiger partial charge in [0.15, 0.2) is 6.61 Å². The molecule has 2 aromatic carbocycles. The number of aromatic nitrogens is 1. The third-order valence-corrected chi connectivity index (χ3v) is 4.81. The number of thiazole rings is 1. The molecule has 120 valence electrons. The maximum atomic E-state index is 12.5. The minimum Gasteiger partial charge on any atom is -0.460 e. The van der Waals surface area contributed by atoms with Gasteiger partial charge >= 0.3 is 0 Å². The number of hydrazone groups is 1. The van der Waals surface area contributed by atoms with E-state index in [1.165, 1.54) is 16.3 Å². The molecule has 1 aliphatic heterocycles. The van der Waals surface area contributed by atoms with E-state index in [4.69, 9.17) is 4.74 Å². The van der Waals surface area contributed by atoms with Crippen LogP contribution >= 0.6 is 11.3 Å². The number of para-hydroxylation sites is 1. The van der Waals surface area contributed by atoms with Crippen LogP contribution in [0.4, 0.5) is 0 Å². The molecule has 5 nitrogen and oxygen atoms in total. The first-order chi connectivity index (χ1) is 11.8. The van der Waals surface area contributed by atoms with Gasteiger partial charge in [-0.05, 0) is 17.7 Å². The largest absolute Gasteiger partial charge is 0.460 e. The van der Waals surface area contributed by atoms with Crippen molar-refractivity contribution in [1.82, 2.24) is 9.99 Å². The molecular weight excluding hydrogens is 322 g/mol. The number of fused-ring (bicyclic) bond motifs is 1. The molecule has 24 heavy (non-hydrogen) atoms. The maximum Gasteiger partial charge on any atom is 0.281 e. The summed E-state index contributed by atoms with van der Waals surface area (Å²) in [6, 6.07) is 17.7. The molecule has 4 rings (SSSR count). The number of nitrogens with zero attached hydrogens (tertiary/aromatic N) is 3. The van der Waals surface area contributed by atoms with Crippen molar-refractivity contribution in [3.05, 3.63) is 60.2 Å². The standard InChI is InChI=1S/C18H15N3O2S/c22-17(12-23-18-20-14-8-4-5-9-16(14)24-18)21-15(10-11-19-21)13-6-2-1-3-7-13/h1-9,11,15H,10,12H2. The number of carbonyl (C=O) groups is 1. The second-order valence-corrected chi connectivity index (χ2v) is 6.43. The molecular formula is C18H15N3O2S. The monoisotopic (exact) mass is 337 g/mol. The highest BCUT2D eigenvalue weighted by Gasteiger charge is 2.28. The summed E-state index contributed by atoms with van der Waals surface area (Å²) >= 11 is 1.44. The van der Waals surface area contributed by atoms with Gasteiger partial charge in [0, 0.05) is 12.6 Å². The molecule has 1 atom stereocenters. The zero-order valence-corrected chi connectivity index (χ0v) is 13.6. The van der Waals surface area contributed by atoms with Gasteiger partial charge in [0.1, 0.15) is 0 Å². The predicted octanol–water partition coefficient (Wildman–Crippen LogP) is 3.63. The van der Waals surface area contributed by atoms with Gasteiger partial charge in [-0.2, -0.15) is 5.10 Å². The average Bonchev–Trinajstić information content (AvgIpc) is 3.27. The summed E-state index contributed by atoms with van der Waals surface area (Å²) in [5, 5.41) is 6.22. The van der Waals surface area contributed by atoms with Crippen molar-refractivity contribution in [2.45, 2.75) is 12.5 Å². The first kappa shape index (κ1) is 14.8. The molecule has 1 aliphatic rings. The number of amides is 1. The van der Waals surface area contributed by atoms with Crippen molar-refractivity contribution < 1.29 is 9.53 Å². The zero-order chi connectivity index (χ0) is 16.4. The zero-order valence-electron chi connectivity index (χ0n) is 12.8. The van der Waals surface area contributed by atoms with Gasteiger partial charge in [-0.1, -0.05) is 53.8 Å². The number of ether oxygens (including phenoxy) is 1. The van der Waals surface area contributed by atoms with Crippen LogP contribution in [0.15, 0.2) is 59.7 Å². The molecule has 1 aromatic heterocycles. The molecule has 0 radical (unpaired) electrons. The Labute approximate surface area is 143 Å². The molecule has 0 N–H and O–H groups in total. The van der Waals surface area contributed by atoms with Crippen LogP contribution in [0.5, 0.6) is 5.19 Å². The molecule has 0 fully saturated rings. The van der Waals surface area contributed by atoms with Gasteiger partial charge in [0.25, 0.3) is 11.1 Å². The van der Waals surface area contributed by atoms with E-state index in [2.05, 4.69) is 10.1 Å². The highest BCUT2D eigenvalue weighted by Crippen LogP contribution is 2.29. The first-order valence-electron chi connectivity index (χ1n) is 7.69. The number of rotatable bonds is 4. The number of benzene rings is 2. The lowest BCUT2D eigenvalue weighted by molar-refractivity contribution is -0.135. The third-order valence-electron chi connectivity index (χ3n) is 3.86. The van der Waals surface area contributed by atoms with Crippen molar-refractivity contribution >= 4 is 33.7 Å². The van der Waals surface area contributed by atoms with E-state index in [9.17, 15) is 4.79 Å². The molecule has 2 heterocycles. The van der Waals surface area contributed by atoms with Crippen molar-refractivity contribution in [1.29, 1.82) is 0 Å². The Balaban J connectivity index is 1.44. The van der Waals surface area contributed by atoms with Crippen LogP contribution in [0.2, 0.25) is 0 Å². The van der Waals surface area contributed by atoms with Crippen LogP contribution < -0.4 is 4.74 Å². The summed E-state index contributed by atoms with van der Waals surface area (Å²) in [6.07, 6.45) is 2.49. The molecule has 0 spiro atoms. The number of hydrogen-bond donors (Lipinski definition) is 0. The van der Waals surface area contributed by atoms with Crippen LogP contribution in [-0.4, -0.2) is 28.7 Å². The Morgan fingerprint density at radius 1 is 1.17 bits per heavy atom. The Morgan fingerprint density at radius 2 is 1.96 bits per heavy atom. The quantitative estimate of drug-likeness (QED) is 0.730. The first-order valence-corrected chi connectivity index (χ1v) is 8.51. The Morgan fingerprint density at radius 3 is 2.79 bits per heavy atom. The van der Waals surface area contributed by atoms with Gasteiger partial charge in [-0.3, -0.25) is 4.79 Å². The fraction of sp³-hybridized carbons (Fsp3) is 0.167. The second kappa shape index (κ2) is 6.41. The fourth-order valence-electron chi connectivity index (χ4n) is 2.71. The van der Waals surface area contributed by atoms with Crippen LogP contribution in [-0.2, 0) is 4.79 Å². The Kier molecular flexibility index (Phi) is 3.96. The van der Waals surface area contributed by atoms with Crippen LogP contribution in [0, 0.1) is 0 Å². The molecule has 0 saturated carbocycles. The topological polar surface area (TPSA) is 54.8 Å². The minimum atomic E-state index is -0.170. The van der Waals surface area contributed by atoms with E-state index >= 15 is 0 Å². The number of carbonyl (C=O) groups excluding carboxylic acids is 1. The lowest BCUT2D eigenvalue weighted by Crippen LogP contribution is -2.31. The van der Waals surface area contributed by atoms with Crippen molar-refractivity contribution in [3.8, 4) is 5.19 Å². The minimum absolute atomic E-state index is 0.0577. The third kappa shape index (κ3) is 2.88. The van der Waals surface area contributed by atoms with E-state index in [0.717, 1.165) is 22.2 Å². The molecule has 6 heteroatoms. The predicted molar refractivity (Wildman–Crippen MR) is 94.3 cm³/mol. The fourth-order valence-corrected chi connectivity index (χ4v) is 3.52. The average molecular weight is 337 g/mol. The summed E-state index contributed by atoms with van der Waals surface area (Å²) < 4.78 is 6.63. The summed E-state index contributed by atoms with van der Waals surface area (Å²) in [5.41, 5.74) is 1.95.